The minimum atomic E-state index is 0. The van der Waals surface area contributed by atoms with E-state index in [4.69, 9.17) is 0 Å². The standard InChI is InChI=1S/3Au.Hg. The van der Waals surface area contributed by atoms with E-state index in [1.807, 2.05) is 0 Å². The van der Waals surface area contributed by atoms with Crippen LogP contribution in [-0.4, -0.2) is 0 Å². The van der Waals surface area contributed by atoms with Crippen LogP contribution in [0.4, 0.5) is 0 Å². The van der Waals surface area contributed by atoms with Gasteiger partial charge in [0.15, 0.2) is 0 Å². The van der Waals surface area contributed by atoms with Gasteiger partial charge in [0.2, 0.25) is 0 Å². The van der Waals surface area contributed by atoms with Crippen molar-refractivity contribution in [2.24, 2.45) is 0 Å². The monoisotopic (exact) mass is 793 g/mol. The molecule has 0 fully saturated rings. The second-order valence-electron chi connectivity index (χ2n) is 0. The average molecular weight is 791 g/mol. The van der Waals surface area contributed by atoms with Crippen molar-refractivity contribution < 1.29 is 94.8 Å². The number of rotatable bonds is 0. The van der Waals surface area contributed by atoms with Crippen LogP contribution in [0, 0.1) is 0 Å². The fraction of sp³-hybridized carbons (Fsp3) is 0. The zero-order chi connectivity index (χ0) is 0. The van der Waals surface area contributed by atoms with E-state index in [2.05, 4.69) is 0 Å². The summed E-state index contributed by atoms with van der Waals surface area (Å²) in [6.45, 7) is 0. The molecular weight excluding hydrogens is 791 g/mol. The van der Waals surface area contributed by atoms with E-state index in [1.165, 1.54) is 0 Å². The van der Waals surface area contributed by atoms with Gasteiger partial charge >= 0.3 is 0 Å². The first-order chi connectivity index (χ1) is 0. The van der Waals surface area contributed by atoms with Crippen LogP contribution in [-0.2, 0) is 94.8 Å². The number of hydrogen-bond donors (Lipinski definition) is 0. The molecule has 0 atom stereocenters. The predicted octanol–water partition coefficient (Wildman–Crippen LogP) is -0.0100. The Morgan fingerprint density at radius 1 is 0.500 bits per heavy atom. The maximum Gasteiger partial charge on any atom is 0 e. The van der Waals surface area contributed by atoms with Crippen LogP contribution in [0.5, 0.6) is 0 Å². The Morgan fingerprint density at radius 3 is 0.500 bits per heavy atom. The first-order valence-electron chi connectivity index (χ1n) is 0. The smallest absolute Gasteiger partial charge is 0 e. The summed E-state index contributed by atoms with van der Waals surface area (Å²) in [7, 11) is 0. The van der Waals surface area contributed by atoms with Gasteiger partial charge in [-0.1, -0.05) is 0 Å². The van der Waals surface area contributed by atoms with Crippen molar-refractivity contribution in [1.29, 1.82) is 0 Å². The van der Waals surface area contributed by atoms with E-state index < -0.39 is 0 Å². The van der Waals surface area contributed by atoms with Crippen molar-refractivity contribution in [1.82, 2.24) is 0 Å². The second kappa shape index (κ2) is 16.4. The maximum atomic E-state index is 0. The Hall–Kier alpha value is 3.16. The van der Waals surface area contributed by atoms with Crippen molar-refractivity contribution in [3.8, 4) is 0 Å². The van der Waals surface area contributed by atoms with Gasteiger partial charge in [-0.2, -0.15) is 0 Å². The minimum Gasteiger partial charge on any atom is 0 e. The zero-order valence-corrected chi connectivity index (χ0v) is 13.6. The van der Waals surface area contributed by atoms with Crippen LogP contribution in [0.1, 0.15) is 0 Å². The van der Waals surface area contributed by atoms with Crippen LogP contribution < -0.4 is 0 Å². The van der Waals surface area contributed by atoms with Gasteiger partial charge in [0, 0.05) is 94.8 Å². The molecule has 0 saturated carbocycles. The van der Waals surface area contributed by atoms with Gasteiger partial charge in [0.25, 0.3) is 0 Å². The third-order valence-electron chi connectivity index (χ3n) is 0. The van der Waals surface area contributed by atoms with Gasteiger partial charge in [-0.05, 0) is 0 Å². The summed E-state index contributed by atoms with van der Waals surface area (Å²) in [4.78, 5) is 0. The molecule has 0 aliphatic heterocycles. The Morgan fingerprint density at radius 2 is 0.500 bits per heavy atom. The topological polar surface area (TPSA) is 0 Å². The molecule has 4 heavy (non-hydrogen) atoms. The molecule has 0 amide bonds. The van der Waals surface area contributed by atoms with Gasteiger partial charge in [-0.25, -0.2) is 0 Å². The van der Waals surface area contributed by atoms with Gasteiger partial charge in [-0.15, -0.1) is 0 Å². The van der Waals surface area contributed by atoms with Crippen LogP contribution in [0.25, 0.3) is 0 Å². The predicted molar refractivity (Wildman–Crippen MR) is 0 cm³/mol. The van der Waals surface area contributed by atoms with Gasteiger partial charge < -0.3 is 0 Å². The van der Waals surface area contributed by atoms with Crippen molar-refractivity contribution in [3.05, 3.63) is 0 Å². The van der Waals surface area contributed by atoms with E-state index in [0.29, 0.717) is 0 Å². The summed E-state index contributed by atoms with van der Waals surface area (Å²) < 4.78 is 0. The summed E-state index contributed by atoms with van der Waals surface area (Å²) in [6.07, 6.45) is 0. The van der Waals surface area contributed by atoms with E-state index in [9.17, 15) is 0 Å². The summed E-state index contributed by atoms with van der Waals surface area (Å²) in [5.41, 5.74) is 0. The molecule has 0 unspecified atom stereocenters. The third kappa shape index (κ3) is 8.94. The first kappa shape index (κ1) is 27.2. The van der Waals surface area contributed by atoms with Crippen molar-refractivity contribution in [2.45, 2.75) is 0 Å². The first-order valence-corrected chi connectivity index (χ1v) is 0. The summed E-state index contributed by atoms with van der Waals surface area (Å²) >= 11 is 0. The molecule has 35 valence electrons. The van der Waals surface area contributed by atoms with Crippen molar-refractivity contribution >= 4 is 0 Å². The van der Waals surface area contributed by atoms with Crippen LogP contribution in [0.2, 0.25) is 0 Å². The Bertz CT molecular complexity index is 3.25. The molecule has 3 radical (unpaired) electrons. The van der Waals surface area contributed by atoms with E-state index in [1.54, 1.807) is 0 Å². The fourth-order valence-corrected chi connectivity index (χ4v) is 0. The van der Waals surface area contributed by atoms with Crippen LogP contribution >= 0.6 is 0 Å². The Kier molecular flexibility index (Phi) is 112. The molecule has 0 spiro atoms. The molecular formula is Au3Hg. The quantitative estimate of drug-likeness (QED) is 0.304. The maximum absolute atomic E-state index is 0. The summed E-state index contributed by atoms with van der Waals surface area (Å²) in [5, 5.41) is 0. The molecule has 4 heteroatoms. The van der Waals surface area contributed by atoms with E-state index >= 15 is 0 Å². The van der Waals surface area contributed by atoms with Crippen LogP contribution in [0.3, 0.4) is 0 Å². The number of hydrogen-bond acceptors (Lipinski definition) is 0. The largest absolute Gasteiger partial charge is 0 e. The molecule has 0 N–H and O–H groups in total. The summed E-state index contributed by atoms with van der Waals surface area (Å²) in [6, 6.07) is 0. The van der Waals surface area contributed by atoms with Gasteiger partial charge in [0.05, 0.1) is 0 Å². The molecule has 0 rings (SSSR count). The zero-order valence-electron chi connectivity index (χ0n) is 1.61. The van der Waals surface area contributed by atoms with E-state index in [0.717, 1.165) is 0 Å². The molecule has 0 aliphatic rings. The average Bonchev–Trinajstić information content (AvgIpc) is 0. The van der Waals surface area contributed by atoms with Crippen molar-refractivity contribution in [2.75, 3.05) is 0 Å². The van der Waals surface area contributed by atoms with Gasteiger partial charge in [0.1, 0.15) is 0 Å². The molecule has 0 aromatic heterocycles. The minimum absolute atomic E-state index is 0. The van der Waals surface area contributed by atoms with E-state index in [-0.39, 0.29) is 94.8 Å². The summed E-state index contributed by atoms with van der Waals surface area (Å²) in [5.74, 6) is 0. The fourth-order valence-electron chi connectivity index (χ4n) is 0. The Balaban J connectivity index is 0. The molecule has 0 bridgehead atoms. The van der Waals surface area contributed by atoms with Gasteiger partial charge in [-0.3, -0.25) is 0 Å². The molecule has 0 aromatic carbocycles. The third-order valence-corrected chi connectivity index (χ3v) is 0. The molecule has 0 aliphatic carbocycles. The normalized spacial score (nSPS) is 0. The Labute approximate surface area is 92.9 Å². The molecule has 0 nitrogen and oxygen atoms in total. The molecule has 0 heterocycles. The van der Waals surface area contributed by atoms with Crippen molar-refractivity contribution in [3.63, 3.8) is 0 Å². The SMILES string of the molecule is [Au].[Au].[Au].[Hg]. The second-order valence-corrected chi connectivity index (χ2v) is 0. The van der Waals surface area contributed by atoms with Crippen LogP contribution in [0.15, 0.2) is 0 Å². The molecule has 0 aromatic rings. The molecule has 0 saturated heterocycles.